The first-order chi connectivity index (χ1) is 7.64. The van der Waals surface area contributed by atoms with Gasteiger partial charge in [-0.3, -0.25) is 0 Å². The average Bonchev–Trinajstić information content (AvgIpc) is 2.12. The van der Waals surface area contributed by atoms with Gasteiger partial charge in [0.15, 0.2) is 0 Å². The van der Waals surface area contributed by atoms with E-state index in [0.29, 0.717) is 10.3 Å². The zero-order valence-corrected chi connectivity index (χ0v) is 11.9. The molecular formula is C8H17N3O4S2. The molecule has 0 spiro atoms. The summed E-state index contributed by atoms with van der Waals surface area (Å²) < 4.78 is 46.1. The molecule has 0 radical (unpaired) electrons. The zero-order valence-electron chi connectivity index (χ0n) is 10.3. The molecule has 0 heterocycles. The van der Waals surface area contributed by atoms with Crippen LogP contribution < -0.4 is 0 Å². The number of hydrogen-bond donors (Lipinski definition) is 0. The van der Waals surface area contributed by atoms with Crippen molar-refractivity contribution in [3.8, 4) is 0 Å². The standard InChI is InChI=1S/C8H17N3O4S2/c1-5-8(10-7-9-6-2)11(16(3,12)13)17(4,14)15/h8H,5-6H2,1-4H3. The van der Waals surface area contributed by atoms with Crippen molar-refractivity contribution >= 4 is 26.1 Å². The first-order valence-electron chi connectivity index (χ1n) is 4.95. The van der Waals surface area contributed by atoms with Gasteiger partial charge in [-0.25, -0.2) is 26.8 Å². The Bertz CT molecular complexity index is 471. The summed E-state index contributed by atoms with van der Waals surface area (Å²) >= 11 is 0. The Hall–Kier alpha value is -0.760. The lowest BCUT2D eigenvalue weighted by atomic mass is 10.4. The number of aliphatic imine (C=N–C) groups is 2. The molecule has 0 aliphatic heterocycles. The molecule has 17 heavy (non-hydrogen) atoms. The number of rotatable bonds is 6. The minimum atomic E-state index is -3.90. The molecule has 0 saturated carbocycles. The van der Waals surface area contributed by atoms with Crippen LogP contribution in [0, 0.1) is 0 Å². The largest absolute Gasteiger partial charge is 0.226 e. The number of nitrogens with zero attached hydrogens (tertiary/aromatic N) is 3. The van der Waals surface area contributed by atoms with Crippen molar-refractivity contribution in [1.82, 2.24) is 3.71 Å². The third-order valence-electron chi connectivity index (χ3n) is 1.70. The van der Waals surface area contributed by atoms with Gasteiger partial charge in [0, 0.05) is 6.54 Å². The second kappa shape index (κ2) is 6.25. The Morgan fingerprint density at radius 3 is 1.88 bits per heavy atom. The topological polar surface area (TPSA) is 96.2 Å². The average molecular weight is 283 g/mol. The fourth-order valence-electron chi connectivity index (χ4n) is 1.15. The molecule has 0 aliphatic rings. The molecule has 0 rings (SSSR count). The Kier molecular flexibility index (Phi) is 5.97. The maximum Gasteiger partial charge on any atom is 0.226 e. The monoisotopic (exact) mass is 283 g/mol. The Morgan fingerprint density at radius 1 is 1.12 bits per heavy atom. The van der Waals surface area contributed by atoms with Crippen molar-refractivity contribution in [2.75, 3.05) is 19.1 Å². The van der Waals surface area contributed by atoms with Gasteiger partial charge in [-0.2, -0.15) is 0 Å². The lowest BCUT2D eigenvalue weighted by Crippen LogP contribution is -2.42. The minimum Gasteiger partial charge on any atom is -0.226 e. The quantitative estimate of drug-likeness (QED) is 0.647. The van der Waals surface area contributed by atoms with Crippen LogP contribution in [0.3, 0.4) is 0 Å². The molecule has 0 saturated heterocycles. The predicted molar refractivity (Wildman–Crippen MR) is 66.0 cm³/mol. The minimum absolute atomic E-state index is 0.215. The molecule has 0 bridgehead atoms. The summed E-state index contributed by atoms with van der Waals surface area (Å²) in [6.07, 6.45) is 0.828. The van der Waals surface area contributed by atoms with Crippen LogP contribution in [-0.2, 0) is 20.0 Å². The van der Waals surface area contributed by atoms with Crippen LogP contribution >= 0.6 is 0 Å². The maximum absolute atomic E-state index is 11.4. The molecule has 0 N–H and O–H groups in total. The van der Waals surface area contributed by atoms with Gasteiger partial charge in [-0.05, 0) is 13.3 Å². The summed E-state index contributed by atoms with van der Waals surface area (Å²) in [5.41, 5.74) is 0. The highest BCUT2D eigenvalue weighted by atomic mass is 32.3. The fourth-order valence-corrected chi connectivity index (χ4v) is 4.40. The normalized spacial score (nSPS) is 14.2. The van der Waals surface area contributed by atoms with E-state index in [1.54, 1.807) is 13.8 Å². The summed E-state index contributed by atoms with van der Waals surface area (Å²) in [6, 6.07) is 2.29. The van der Waals surface area contributed by atoms with Crippen LogP contribution in [0.2, 0.25) is 0 Å². The van der Waals surface area contributed by atoms with Crippen molar-refractivity contribution in [3.63, 3.8) is 0 Å². The van der Waals surface area contributed by atoms with Gasteiger partial charge < -0.3 is 0 Å². The van der Waals surface area contributed by atoms with Crippen LogP contribution in [0.15, 0.2) is 9.98 Å². The van der Waals surface area contributed by atoms with E-state index in [9.17, 15) is 16.8 Å². The summed E-state index contributed by atoms with van der Waals surface area (Å²) in [6.45, 7) is 3.83. The Balaban J connectivity index is 5.54. The van der Waals surface area contributed by atoms with E-state index < -0.39 is 26.2 Å². The highest BCUT2D eigenvalue weighted by molar-refractivity contribution is 8.03. The highest BCUT2D eigenvalue weighted by Gasteiger charge is 2.33. The van der Waals surface area contributed by atoms with Crippen molar-refractivity contribution < 1.29 is 16.8 Å². The molecule has 1 atom stereocenters. The van der Waals surface area contributed by atoms with Crippen molar-refractivity contribution in [1.29, 1.82) is 0 Å². The molecule has 100 valence electrons. The smallest absolute Gasteiger partial charge is 0.226 e. The van der Waals surface area contributed by atoms with E-state index >= 15 is 0 Å². The zero-order chi connectivity index (χ0) is 13.7. The van der Waals surface area contributed by atoms with E-state index in [4.69, 9.17) is 0 Å². The number of hydrogen-bond acceptors (Lipinski definition) is 6. The molecule has 0 aromatic carbocycles. The van der Waals surface area contributed by atoms with Crippen LogP contribution in [-0.4, -0.2) is 51.8 Å². The van der Waals surface area contributed by atoms with Crippen molar-refractivity contribution in [3.05, 3.63) is 0 Å². The lowest BCUT2D eigenvalue weighted by Gasteiger charge is -2.22. The molecule has 7 nitrogen and oxygen atoms in total. The Labute approximate surface area is 102 Å². The van der Waals surface area contributed by atoms with Gasteiger partial charge in [-0.1, -0.05) is 10.6 Å². The van der Waals surface area contributed by atoms with E-state index in [1.165, 1.54) is 0 Å². The first-order valence-corrected chi connectivity index (χ1v) is 8.65. The molecule has 0 aromatic heterocycles. The van der Waals surface area contributed by atoms with E-state index in [-0.39, 0.29) is 6.42 Å². The molecule has 0 amide bonds. The third-order valence-corrected chi connectivity index (χ3v) is 5.12. The van der Waals surface area contributed by atoms with E-state index in [0.717, 1.165) is 12.5 Å². The van der Waals surface area contributed by atoms with Crippen LogP contribution in [0.25, 0.3) is 0 Å². The number of sulfonamides is 2. The second-order valence-electron chi connectivity index (χ2n) is 3.34. The second-order valence-corrected chi connectivity index (χ2v) is 7.29. The Morgan fingerprint density at radius 2 is 1.59 bits per heavy atom. The summed E-state index contributed by atoms with van der Waals surface area (Å²) in [5.74, 6) is 0. The third kappa shape index (κ3) is 5.40. The molecule has 0 fully saturated rings. The molecular weight excluding hydrogens is 266 g/mol. The van der Waals surface area contributed by atoms with Crippen LogP contribution in [0.5, 0.6) is 0 Å². The SMILES string of the molecule is CCN=C=NC(CC)N(S(C)(=O)=O)S(C)(=O)=O. The molecule has 0 aromatic rings. The summed E-state index contributed by atoms with van der Waals surface area (Å²) in [7, 11) is -7.80. The lowest BCUT2D eigenvalue weighted by molar-refractivity contribution is 0.427. The van der Waals surface area contributed by atoms with E-state index in [1.807, 2.05) is 0 Å². The maximum atomic E-state index is 11.4. The van der Waals surface area contributed by atoms with Gasteiger partial charge in [0.05, 0.1) is 18.5 Å². The van der Waals surface area contributed by atoms with Crippen LogP contribution in [0.4, 0.5) is 0 Å². The fraction of sp³-hybridized carbons (Fsp3) is 0.875. The predicted octanol–water partition coefficient (Wildman–Crippen LogP) is 0.138. The van der Waals surface area contributed by atoms with E-state index in [2.05, 4.69) is 16.0 Å². The van der Waals surface area contributed by atoms with Gasteiger partial charge >= 0.3 is 0 Å². The van der Waals surface area contributed by atoms with Crippen LogP contribution in [0.1, 0.15) is 20.3 Å². The molecule has 1 unspecified atom stereocenters. The summed E-state index contributed by atoms with van der Waals surface area (Å²) in [5, 5.41) is 0. The highest BCUT2D eigenvalue weighted by Crippen LogP contribution is 2.14. The van der Waals surface area contributed by atoms with Gasteiger partial charge in [0.2, 0.25) is 20.0 Å². The molecule has 9 heteroatoms. The van der Waals surface area contributed by atoms with Gasteiger partial charge in [0.25, 0.3) is 0 Å². The van der Waals surface area contributed by atoms with Crippen molar-refractivity contribution in [2.45, 2.75) is 26.4 Å². The molecule has 0 aliphatic carbocycles. The van der Waals surface area contributed by atoms with Gasteiger partial charge in [0.1, 0.15) is 6.17 Å². The van der Waals surface area contributed by atoms with Gasteiger partial charge in [-0.15, -0.1) is 0 Å². The van der Waals surface area contributed by atoms with Crippen molar-refractivity contribution in [2.24, 2.45) is 9.98 Å². The summed E-state index contributed by atoms with van der Waals surface area (Å²) in [4.78, 5) is 7.39. The first kappa shape index (κ1) is 16.2.